The number of carbonyl (C=O) groups excluding carboxylic acids is 1. The molecule has 1 amide bonds. The van der Waals surface area contributed by atoms with Gasteiger partial charge in [0.25, 0.3) is 5.91 Å². The first-order chi connectivity index (χ1) is 13.7. The van der Waals surface area contributed by atoms with E-state index in [0.717, 1.165) is 44.6 Å². The van der Waals surface area contributed by atoms with Crippen molar-refractivity contribution in [2.45, 2.75) is 108 Å². The first-order valence-corrected chi connectivity index (χ1v) is 12.0. The minimum atomic E-state index is -0.595. The Bertz CT molecular complexity index is 560. The van der Waals surface area contributed by atoms with Crippen molar-refractivity contribution < 1.29 is 9.53 Å². The molecule has 0 aromatic rings. The summed E-state index contributed by atoms with van der Waals surface area (Å²) in [4.78, 5) is 20.3. The van der Waals surface area contributed by atoms with Crippen molar-refractivity contribution >= 4 is 11.9 Å². The SMILES string of the molecule is NC1=NC(CCC2CCCCC2)(CC2CCCCC2)C(=O)N1CC1CCCO1. The van der Waals surface area contributed by atoms with Crippen LogP contribution in [0.2, 0.25) is 0 Å². The van der Waals surface area contributed by atoms with E-state index in [4.69, 9.17) is 15.5 Å². The van der Waals surface area contributed by atoms with Crippen molar-refractivity contribution in [3.8, 4) is 0 Å². The number of nitrogens with two attached hydrogens (primary N) is 1. The molecule has 0 spiro atoms. The first kappa shape index (κ1) is 20.2. The molecule has 0 aromatic carbocycles. The first-order valence-electron chi connectivity index (χ1n) is 12.0. The Morgan fingerprint density at radius 3 is 2.29 bits per heavy atom. The summed E-state index contributed by atoms with van der Waals surface area (Å²) in [5.41, 5.74) is 5.74. The van der Waals surface area contributed by atoms with Crippen LogP contribution in [0.25, 0.3) is 0 Å². The lowest BCUT2D eigenvalue weighted by Gasteiger charge is -2.33. The van der Waals surface area contributed by atoms with Gasteiger partial charge in [-0.3, -0.25) is 9.69 Å². The van der Waals surface area contributed by atoms with Crippen LogP contribution in [0.3, 0.4) is 0 Å². The molecule has 2 heterocycles. The molecule has 4 aliphatic rings. The fraction of sp³-hybridized carbons (Fsp3) is 0.913. The standard InChI is InChI=1S/C23H39N3O2/c24-22-25-23(16-19-10-5-2-6-11-19,14-13-18-8-3-1-4-9-18)21(27)26(22)17-20-12-7-15-28-20/h18-20H,1-17H2,(H2,24,25). The van der Waals surface area contributed by atoms with Crippen LogP contribution in [0.5, 0.6) is 0 Å². The van der Waals surface area contributed by atoms with E-state index in [2.05, 4.69) is 0 Å². The Morgan fingerprint density at radius 2 is 1.64 bits per heavy atom. The molecule has 2 aliphatic carbocycles. The second-order valence-corrected chi connectivity index (χ2v) is 9.80. The van der Waals surface area contributed by atoms with Gasteiger partial charge in [-0.1, -0.05) is 64.2 Å². The van der Waals surface area contributed by atoms with Crippen molar-refractivity contribution in [2.24, 2.45) is 22.6 Å². The summed E-state index contributed by atoms with van der Waals surface area (Å²) in [6, 6.07) is 0. The van der Waals surface area contributed by atoms with E-state index in [9.17, 15) is 4.79 Å². The van der Waals surface area contributed by atoms with Gasteiger partial charge < -0.3 is 10.5 Å². The summed E-state index contributed by atoms with van der Waals surface area (Å²) in [6.45, 7) is 1.39. The maximum absolute atomic E-state index is 13.6. The number of aliphatic imine (C=N–C) groups is 1. The van der Waals surface area contributed by atoms with E-state index in [1.807, 2.05) is 0 Å². The number of ether oxygens (including phenoxy) is 1. The fourth-order valence-electron chi connectivity index (χ4n) is 6.04. The summed E-state index contributed by atoms with van der Waals surface area (Å²) < 4.78 is 5.78. The summed E-state index contributed by atoms with van der Waals surface area (Å²) >= 11 is 0. The van der Waals surface area contributed by atoms with E-state index in [0.29, 0.717) is 18.4 Å². The monoisotopic (exact) mass is 389 g/mol. The molecular weight excluding hydrogens is 350 g/mol. The third-order valence-corrected chi connectivity index (χ3v) is 7.70. The third kappa shape index (κ3) is 4.55. The molecule has 2 aliphatic heterocycles. The molecule has 4 rings (SSSR count). The minimum Gasteiger partial charge on any atom is -0.376 e. The zero-order valence-electron chi connectivity index (χ0n) is 17.5. The number of guanidine groups is 1. The van der Waals surface area contributed by atoms with Crippen molar-refractivity contribution in [3.63, 3.8) is 0 Å². The van der Waals surface area contributed by atoms with Gasteiger partial charge in [-0.25, -0.2) is 4.99 Å². The second-order valence-electron chi connectivity index (χ2n) is 9.80. The smallest absolute Gasteiger partial charge is 0.257 e. The van der Waals surface area contributed by atoms with Gasteiger partial charge in [0.05, 0.1) is 12.6 Å². The molecule has 28 heavy (non-hydrogen) atoms. The van der Waals surface area contributed by atoms with Gasteiger partial charge in [0, 0.05) is 6.61 Å². The Balaban J connectivity index is 1.47. The highest BCUT2D eigenvalue weighted by molar-refractivity contribution is 6.06. The number of carbonyl (C=O) groups is 1. The quantitative estimate of drug-likeness (QED) is 0.702. The average molecular weight is 390 g/mol. The highest BCUT2D eigenvalue weighted by Gasteiger charge is 2.49. The zero-order chi connectivity index (χ0) is 19.4. The predicted octanol–water partition coefficient (Wildman–Crippen LogP) is 4.39. The van der Waals surface area contributed by atoms with Crippen LogP contribution in [0.4, 0.5) is 0 Å². The van der Waals surface area contributed by atoms with Crippen LogP contribution in [0.1, 0.15) is 96.3 Å². The molecular formula is C23H39N3O2. The lowest BCUT2D eigenvalue weighted by atomic mass is 9.75. The average Bonchev–Trinajstić information content (AvgIpc) is 3.31. The molecule has 158 valence electrons. The molecule has 0 aromatic heterocycles. The zero-order valence-corrected chi connectivity index (χ0v) is 17.5. The Morgan fingerprint density at radius 1 is 0.964 bits per heavy atom. The molecule has 2 N–H and O–H groups in total. The summed E-state index contributed by atoms with van der Waals surface area (Å²) in [6.07, 6.45) is 18.3. The molecule has 1 saturated heterocycles. The van der Waals surface area contributed by atoms with Crippen LogP contribution in [0.15, 0.2) is 4.99 Å². The van der Waals surface area contributed by atoms with Gasteiger partial charge in [0.2, 0.25) is 0 Å². The summed E-state index contributed by atoms with van der Waals surface area (Å²) in [7, 11) is 0. The van der Waals surface area contributed by atoms with Crippen LogP contribution in [-0.4, -0.2) is 41.6 Å². The van der Waals surface area contributed by atoms with Gasteiger partial charge in [-0.05, 0) is 43.9 Å². The number of nitrogens with zero attached hydrogens (tertiary/aromatic N) is 2. The van der Waals surface area contributed by atoms with Crippen LogP contribution < -0.4 is 5.73 Å². The fourth-order valence-corrected chi connectivity index (χ4v) is 6.04. The van der Waals surface area contributed by atoms with E-state index >= 15 is 0 Å². The Labute approximate surface area is 170 Å². The van der Waals surface area contributed by atoms with Crippen molar-refractivity contribution in [1.29, 1.82) is 0 Å². The second kappa shape index (κ2) is 9.15. The van der Waals surface area contributed by atoms with Crippen molar-refractivity contribution in [2.75, 3.05) is 13.2 Å². The number of rotatable bonds is 7. The van der Waals surface area contributed by atoms with E-state index in [1.165, 1.54) is 64.2 Å². The molecule has 5 heteroatoms. The van der Waals surface area contributed by atoms with Crippen LogP contribution in [0, 0.1) is 11.8 Å². The highest BCUT2D eigenvalue weighted by atomic mass is 16.5. The van der Waals surface area contributed by atoms with E-state index in [-0.39, 0.29) is 12.0 Å². The van der Waals surface area contributed by atoms with Gasteiger partial charge in [0.15, 0.2) is 5.96 Å². The molecule has 2 atom stereocenters. The summed E-state index contributed by atoms with van der Waals surface area (Å²) in [5.74, 6) is 2.01. The topological polar surface area (TPSA) is 67.9 Å². The highest BCUT2D eigenvalue weighted by Crippen LogP contribution is 2.40. The van der Waals surface area contributed by atoms with Crippen LogP contribution in [-0.2, 0) is 9.53 Å². The lowest BCUT2D eigenvalue weighted by Crippen LogP contribution is -2.48. The molecule has 5 nitrogen and oxygen atoms in total. The molecule has 0 radical (unpaired) electrons. The minimum absolute atomic E-state index is 0.126. The molecule has 3 fully saturated rings. The van der Waals surface area contributed by atoms with Crippen LogP contribution >= 0.6 is 0 Å². The molecule has 2 unspecified atom stereocenters. The van der Waals surface area contributed by atoms with E-state index < -0.39 is 5.54 Å². The summed E-state index contributed by atoms with van der Waals surface area (Å²) in [5, 5.41) is 0. The van der Waals surface area contributed by atoms with Gasteiger partial charge in [-0.2, -0.15) is 0 Å². The lowest BCUT2D eigenvalue weighted by molar-refractivity contribution is -0.133. The number of hydrogen-bond acceptors (Lipinski definition) is 4. The maximum atomic E-state index is 13.6. The third-order valence-electron chi connectivity index (χ3n) is 7.70. The van der Waals surface area contributed by atoms with Crippen molar-refractivity contribution in [3.05, 3.63) is 0 Å². The number of amides is 1. The predicted molar refractivity (Wildman–Crippen MR) is 112 cm³/mol. The van der Waals surface area contributed by atoms with Crippen molar-refractivity contribution in [1.82, 2.24) is 4.90 Å². The normalized spacial score (nSPS) is 32.9. The maximum Gasteiger partial charge on any atom is 0.257 e. The van der Waals surface area contributed by atoms with Gasteiger partial charge >= 0.3 is 0 Å². The van der Waals surface area contributed by atoms with Gasteiger partial charge in [-0.15, -0.1) is 0 Å². The Kier molecular flexibility index (Phi) is 6.59. The van der Waals surface area contributed by atoms with E-state index in [1.54, 1.807) is 4.90 Å². The van der Waals surface area contributed by atoms with Gasteiger partial charge in [0.1, 0.15) is 5.54 Å². The Hall–Kier alpha value is -1.10. The molecule has 2 saturated carbocycles. The number of hydrogen-bond donors (Lipinski definition) is 1. The largest absolute Gasteiger partial charge is 0.376 e. The molecule has 0 bridgehead atoms.